The number of para-hydroxylation sites is 3. The number of hydrogen-bond acceptors (Lipinski definition) is 2. The molecular weight excluding hydrogens is 494 g/mol. The van der Waals surface area contributed by atoms with Crippen molar-refractivity contribution in [2.45, 2.75) is 0 Å². The van der Waals surface area contributed by atoms with E-state index >= 15 is 0 Å². The summed E-state index contributed by atoms with van der Waals surface area (Å²) in [6.07, 6.45) is 0. The molecule has 6 aromatic carbocycles. The molecule has 9 rings (SSSR count). The SMILES string of the molecule is c1ccc2c(c1)oc1ccc3c4cccc(-c5ccc(-n6c7ccccc7c7ccccc76)cc5)c4sc3c12. The van der Waals surface area contributed by atoms with Gasteiger partial charge in [-0.1, -0.05) is 84.9 Å². The van der Waals surface area contributed by atoms with Crippen LogP contribution in [0.25, 0.3) is 80.7 Å². The molecule has 0 radical (unpaired) electrons. The molecule has 182 valence electrons. The largest absolute Gasteiger partial charge is 0.456 e. The van der Waals surface area contributed by atoms with Crippen molar-refractivity contribution in [3.63, 3.8) is 0 Å². The van der Waals surface area contributed by atoms with Gasteiger partial charge in [0.15, 0.2) is 0 Å². The van der Waals surface area contributed by atoms with Crippen molar-refractivity contribution in [2.24, 2.45) is 0 Å². The lowest BCUT2D eigenvalue weighted by molar-refractivity contribution is 0.669. The summed E-state index contributed by atoms with van der Waals surface area (Å²) in [6, 6.07) is 45.7. The van der Waals surface area contributed by atoms with E-state index in [1.165, 1.54) is 69.6 Å². The number of furan rings is 1. The second-order valence-corrected chi connectivity index (χ2v) is 11.1. The summed E-state index contributed by atoms with van der Waals surface area (Å²) >= 11 is 1.87. The van der Waals surface area contributed by atoms with Crippen molar-refractivity contribution in [3.05, 3.63) is 127 Å². The van der Waals surface area contributed by atoms with E-state index in [1.807, 2.05) is 17.4 Å². The maximum Gasteiger partial charge on any atom is 0.136 e. The molecule has 2 nitrogen and oxygen atoms in total. The fourth-order valence-electron chi connectivity index (χ4n) is 6.28. The molecule has 3 heterocycles. The van der Waals surface area contributed by atoms with Gasteiger partial charge in [0.2, 0.25) is 0 Å². The minimum Gasteiger partial charge on any atom is -0.456 e. The molecule has 3 heteroatoms. The molecule has 0 spiro atoms. The summed E-state index contributed by atoms with van der Waals surface area (Å²) in [5.74, 6) is 0. The maximum atomic E-state index is 6.19. The second kappa shape index (κ2) is 7.83. The molecule has 0 aliphatic rings. The molecule has 3 aromatic heterocycles. The van der Waals surface area contributed by atoms with E-state index in [0.717, 1.165) is 11.2 Å². The van der Waals surface area contributed by atoms with Gasteiger partial charge < -0.3 is 8.98 Å². The van der Waals surface area contributed by atoms with Gasteiger partial charge in [0.05, 0.1) is 11.0 Å². The molecule has 0 N–H and O–H groups in total. The van der Waals surface area contributed by atoms with Crippen molar-refractivity contribution in [2.75, 3.05) is 0 Å². The number of rotatable bonds is 2. The summed E-state index contributed by atoms with van der Waals surface area (Å²) in [5.41, 5.74) is 8.02. The molecule has 0 bridgehead atoms. The standard InChI is InChI=1S/C36H21NOS/c1-4-13-30-25(8-1)26-9-2-5-14-31(26)37(30)23-18-16-22(17-19-23)24-11-7-12-27-28-20-21-33-34(36(28)39-35(24)27)29-10-3-6-15-32(29)38-33/h1-21H. The molecule has 0 unspecified atom stereocenters. The molecular formula is C36H21NOS. The monoisotopic (exact) mass is 515 g/mol. The predicted molar refractivity (Wildman–Crippen MR) is 166 cm³/mol. The van der Waals surface area contributed by atoms with Crippen LogP contribution in [0.2, 0.25) is 0 Å². The molecule has 0 atom stereocenters. The van der Waals surface area contributed by atoms with Crippen LogP contribution in [-0.4, -0.2) is 4.57 Å². The number of fused-ring (bicyclic) bond motifs is 10. The van der Waals surface area contributed by atoms with E-state index in [0.29, 0.717) is 0 Å². The normalized spacial score (nSPS) is 12.1. The van der Waals surface area contributed by atoms with E-state index in [4.69, 9.17) is 4.42 Å². The molecule has 0 fully saturated rings. The number of hydrogen-bond donors (Lipinski definition) is 0. The van der Waals surface area contributed by atoms with E-state index in [2.05, 4.69) is 126 Å². The number of thiophene rings is 1. The van der Waals surface area contributed by atoms with Crippen molar-refractivity contribution in [3.8, 4) is 16.8 Å². The lowest BCUT2D eigenvalue weighted by Crippen LogP contribution is -1.93. The highest BCUT2D eigenvalue weighted by molar-refractivity contribution is 7.27. The molecule has 9 aromatic rings. The van der Waals surface area contributed by atoms with Gasteiger partial charge in [-0.15, -0.1) is 11.3 Å². The average molecular weight is 516 g/mol. The molecule has 0 saturated heterocycles. The topological polar surface area (TPSA) is 18.1 Å². The van der Waals surface area contributed by atoms with E-state index in [1.54, 1.807) is 0 Å². The van der Waals surface area contributed by atoms with Crippen LogP contribution in [0.4, 0.5) is 0 Å². The quantitative estimate of drug-likeness (QED) is 0.224. The fraction of sp³-hybridized carbons (Fsp3) is 0. The maximum absolute atomic E-state index is 6.19. The van der Waals surface area contributed by atoms with Crippen LogP contribution in [-0.2, 0) is 0 Å². The van der Waals surface area contributed by atoms with Crippen LogP contribution in [0.1, 0.15) is 0 Å². The van der Waals surface area contributed by atoms with Crippen LogP contribution in [0, 0.1) is 0 Å². The van der Waals surface area contributed by atoms with Gasteiger partial charge in [0.1, 0.15) is 11.2 Å². The fourth-order valence-corrected chi connectivity index (χ4v) is 7.67. The number of nitrogens with zero attached hydrogens (tertiary/aromatic N) is 1. The molecule has 0 aliphatic heterocycles. The van der Waals surface area contributed by atoms with Crippen LogP contribution in [0.15, 0.2) is 132 Å². The van der Waals surface area contributed by atoms with Crippen molar-refractivity contribution < 1.29 is 4.42 Å². The third kappa shape index (κ3) is 2.91. The Bertz CT molecular complexity index is 2330. The van der Waals surface area contributed by atoms with E-state index < -0.39 is 0 Å². The van der Waals surface area contributed by atoms with E-state index in [9.17, 15) is 0 Å². The minimum absolute atomic E-state index is 0.943. The van der Waals surface area contributed by atoms with Crippen LogP contribution in [0.3, 0.4) is 0 Å². The first-order chi connectivity index (χ1) is 19.3. The van der Waals surface area contributed by atoms with Gasteiger partial charge in [-0.05, 0) is 53.6 Å². The Balaban J connectivity index is 1.25. The summed E-state index contributed by atoms with van der Waals surface area (Å²) < 4.78 is 11.2. The summed E-state index contributed by atoms with van der Waals surface area (Å²) in [6.45, 7) is 0. The van der Waals surface area contributed by atoms with Crippen LogP contribution >= 0.6 is 11.3 Å². The Morgan fingerprint density at radius 3 is 1.87 bits per heavy atom. The lowest BCUT2D eigenvalue weighted by atomic mass is 10.0. The average Bonchev–Trinajstić information content (AvgIpc) is 3.66. The third-order valence-corrected chi connectivity index (χ3v) is 9.29. The molecule has 0 amide bonds. The van der Waals surface area contributed by atoms with Crippen LogP contribution < -0.4 is 0 Å². The highest BCUT2D eigenvalue weighted by Crippen LogP contribution is 2.45. The minimum atomic E-state index is 0.943. The van der Waals surface area contributed by atoms with Crippen molar-refractivity contribution >= 4 is 75.3 Å². The lowest BCUT2D eigenvalue weighted by Gasteiger charge is -2.10. The summed E-state index contributed by atoms with van der Waals surface area (Å²) in [5, 5.41) is 7.55. The van der Waals surface area contributed by atoms with Gasteiger partial charge in [-0.25, -0.2) is 0 Å². The number of benzene rings is 6. The Morgan fingerprint density at radius 2 is 1.10 bits per heavy atom. The summed E-state index contributed by atoms with van der Waals surface area (Å²) in [7, 11) is 0. The van der Waals surface area contributed by atoms with Gasteiger partial charge in [-0.3, -0.25) is 0 Å². The smallest absolute Gasteiger partial charge is 0.136 e. The van der Waals surface area contributed by atoms with Gasteiger partial charge in [-0.2, -0.15) is 0 Å². The number of aromatic nitrogens is 1. The van der Waals surface area contributed by atoms with Crippen LogP contribution in [0.5, 0.6) is 0 Å². The first-order valence-electron chi connectivity index (χ1n) is 13.2. The Labute approximate surface area is 227 Å². The van der Waals surface area contributed by atoms with Gasteiger partial charge in [0.25, 0.3) is 0 Å². The van der Waals surface area contributed by atoms with Crippen molar-refractivity contribution in [1.82, 2.24) is 4.57 Å². The van der Waals surface area contributed by atoms with Crippen molar-refractivity contribution in [1.29, 1.82) is 0 Å². The second-order valence-electron chi connectivity index (χ2n) is 10.1. The zero-order valence-corrected chi connectivity index (χ0v) is 21.7. The highest BCUT2D eigenvalue weighted by atomic mass is 32.1. The third-order valence-electron chi connectivity index (χ3n) is 8.02. The molecule has 0 saturated carbocycles. The van der Waals surface area contributed by atoms with Gasteiger partial charge in [0, 0.05) is 47.4 Å². The zero-order valence-electron chi connectivity index (χ0n) is 20.9. The summed E-state index contributed by atoms with van der Waals surface area (Å²) in [4.78, 5) is 0. The Morgan fingerprint density at radius 1 is 0.462 bits per heavy atom. The first kappa shape index (κ1) is 21.1. The molecule has 0 aliphatic carbocycles. The van der Waals surface area contributed by atoms with Gasteiger partial charge >= 0.3 is 0 Å². The Kier molecular flexibility index (Phi) is 4.24. The predicted octanol–water partition coefficient (Wildman–Crippen LogP) is 10.7. The molecule has 39 heavy (non-hydrogen) atoms. The zero-order chi connectivity index (χ0) is 25.5. The highest BCUT2D eigenvalue weighted by Gasteiger charge is 2.17. The first-order valence-corrected chi connectivity index (χ1v) is 14.0. The van der Waals surface area contributed by atoms with E-state index in [-0.39, 0.29) is 0 Å². The Hall–Kier alpha value is -4.86.